The smallest absolute Gasteiger partial charge is 0.0936 e. The number of aromatic nitrogens is 2. The molecule has 0 radical (unpaired) electrons. The molecule has 140 valence electrons. The molecule has 0 aliphatic carbocycles. The summed E-state index contributed by atoms with van der Waals surface area (Å²) in [6.45, 7) is 3.71. The third-order valence-corrected chi connectivity index (χ3v) is 4.84. The van der Waals surface area contributed by atoms with Gasteiger partial charge in [-0.2, -0.15) is 5.10 Å². The molecule has 0 amide bonds. The van der Waals surface area contributed by atoms with Crippen molar-refractivity contribution < 1.29 is 9.47 Å². The molecule has 2 aromatic carbocycles. The van der Waals surface area contributed by atoms with Crippen LogP contribution in [0, 0.1) is 0 Å². The second-order valence-electron chi connectivity index (χ2n) is 6.98. The Labute approximate surface area is 159 Å². The van der Waals surface area contributed by atoms with Crippen LogP contribution in [0.15, 0.2) is 60.8 Å². The fourth-order valence-electron chi connectivity index (χ4n) is 3.49. The van der Waals surface area contributed by atoms with Gasteiger partial charge in [-0.3, -0.25) is 10.00 Å². The lowest BCUT2D eigenvalue weighted by Crippen LogP contribution is -2.38. The Hall–Kier alpha value is -2.47. The summed E-state index contributed by atoms with van der Waals surface area (Å²) < 4.78 is 11.2. The highest BCUT2D eigenvalue weighted by molar-refractivity contribution is 5.69. The van der Waals surface area contributed by atoms with Gasteiger partial charge >= 0.3 is 0 Å². The van der Waals surface area contributed by atoms with E-state index in [9.17, 15) is 0 Å². The zero-order valence-electron chi connectivity index (χ0n) is 15.6. The van der Waals surface area contributed by atoms with Gasteiger partial charge in [0.15, 0.2) is 0 Å². The number of H-pyrrole nitrogens is 1. The lowest BCUT2D eigenvalue weighted by molar-refractivity contribution is -0.0962. The van der Waals surface area contributed by atoms with Crippen LogP contribution in [-0.4, -0.2) is 54.6 Å². The SMILES string of the molecule is CN(Cc1cn[nH]c1-c1ccc(-c2ccccc2)cc1)CC1COCCO1. The van der Waals surface area contributed by atoms with E-state index in [1.165, 1.54) is 16.7 Å². The highest BCUT2D eigenvalue weighted by atomic mass is 16.6. The Balaban J connectivity index is 1.45. The molecule has 0 spiro atoms. The Bertz CT molecular complexity index is 840. The Kier molecular flexibility index (Phi) is 5.63. The molecule has 1 saturated heterocycles. The summed E-state index contributed by atoms with van der Waals surface area (Å²) in [6, 6.07) is 19.0. The molecule has 0 saturated carbocycles. The maximum absolute atomic E-state index is 5.75. The molecule has 2 heterocycles. The van der Waals surface area contributed by atoms with Crippen LogP contribution in [-0.2, 0) is 16.0 Å². The molecule has 1 aliphatic rings. The summed E-state index contributed by atoms with van der Waals surface area (Å²) in [6.07, 6.45) is 2.05. The van der Waals surface area contributed by atoms with E-state index in [4.69, 9.17) is 9.47 Å². The second kappa shape index (κ2) is 8.48. The van der Waals surface area contributed by atoms with Crippen molar-refractivity contribution in [3.05, 3.63) is 66.4 Å². The predicted molar refractivity (Wildman–Crippen MR) is 106 cm³/mol. The molecule has 1 N–H and O–H groups in total. The molecule has 1 aromatic heterocycles. The molecule has 5 nitrogen and oxygen atoms in total. The monoisotopic (exact) mass is 363 g/mol. The minimum Gasteiger partial charge on any atom is -0.376 e. The zero-order chi connectivity index (χ0) is 18.5. The lowest BCUT2D eigenvalue weighted by Gasteiger charge is -2.27. The number of nitrogens with one attached hydrogen (secondary N) is 1. The second-order valence-corrected chi connectivity index (χ2v) is 6.98. The molecule has 5 heteroatoms. The van der Waals surface area contributed by atoms with Crippen molar-refractivity contribution in [1.29, 1.82) is 0 Å². The van der Waals surface area contributed by atoms with Crippen molar-refractivity contribution in [3.8, 4) is 22.4 Å². The topological polar surface area (TPSA) is 50.4 Å². The number of hydrogen-bond acceptors (Lipinski definition) is 4. The van der Waals surface area contributed by atoms with Gasteiger partial charge in [0.25, 0.3) is 0 Å². The van der Waals surface area contributed by atoms with E-state index >= 15 is 0 Å². The molecule has 3 aromatic rings. The average molecular weight is 363 g/mol. The molecule has 0 bridgehead atoms. The predicted octanol–water partition coefficient (Wildman–Crippen LogP) is 3.59. The van der Waals surface area contributed by atoms with Gasteiger partial charge in [-0.15, -0.1) is 0 Å². The first-order valence-corrected chi connectivity index (χ1v) is 9.35. The number of likely N-dealkylation sites (N-methyl/N-ethyl adjacent to an activating group) is 1. The molecule has 27 heavy (non-hydrogen) atoms. The highest BCUT2D eigenvalue weighted by Crippen LogP contribution is 2.26. The number of aromatic amines is 1. The van der Waals surface area contributed by atoms with Crippen molar-refractivity contribution in [2.75, 3.05) is 33.4 Å². The van der Waals surface area contributed by atoms with Crippen LogP contribution in [0.25, 0.3) is 22.4 Å². The normalized spacial score (nSPS) is 17.3. The summed E-state index contributed by atoms with van der Waals surface area (Å²) in [5.41, 5.74) is 5.84. The van der Waals surface area contributed by atoms with Gasteiger partial charge in [-0.05, 0) is 23.7 Å². The fraction of sp³-hybridized carbons (Fsp3) is 0.318. The first kappa shape index (κ1) is 17.9. The maximum atomic E-state index is 5.75. The molecular formula is C22H25N3O2. The van der Waals surface area contributed by atoms with Crippen LogP contribution in [0.5, 0.6) is 0 Å². The molecule has 1 unspecified atom stereocenters. The van der Waals surface area contributed by atoms with E-state index in [0.29, 0.717) is 19.8 Å². The Morgan fingerprint density at radius 2 is 1.74 bits per heavy atom. The van der Waals surface area contributed by atoms with Crippen LogP contribution < -0.4 is 0 Å². The number of benzene rings is 2. The first-order chi connectivity index (χ1) is 13.3. The van der Waals surface area contributed by atoms with Gasteiger partial charge in [-0.25, -0.2) is 0 Å². The molecule has 1 atom stereocenters. The van der Waals surface area contributed by atoms with Crippen LogP contribution >= 0.6 is 0 Å². The first-order valence-electron chi connectivity index (χ1n) is 9.35. The van der Waals surface area contributed by atoms with E-state index < -0.39 is 0 Å². The van der Waals surface area contributed by atoms with Gasteiger partial charge in [0.2, 0.25) is 0 Å². The van der Waals surface area contributed by atoms with Crippen LogP contribution in [0.3, 0.4) is 0 Å². The molecule has 4 rings (SSSR count). The largest absolute Gasteiger partial charge is 0.376 e. The van der Waals surface area contributed by atoms with E-state index in [0.717, 1.165) is 24.3 Å². The minimum absolute atomic E-state index is 0.143. The number of hydrogen-bond donors (Lipinski definition) is 1. The molecule has 1 fully saturated rings. The summed E-state index contributed by atoms with van der Waals surface area (Å²) in [5.74, 6) is 0. The number of rotatable bonds is 6. The standard InChI is InChI=1S/C22H25N3O2/c1-25(15-21-16-26-11-12-27-21)14-20-13-23-24-22(20)19-9-7-18(8-10-19)17-5-3-2-4-6-17/h2-10,13,21H,11-12,14-16H2,1H3,(H,23,24). The highest BCUT2D eigenvalue weighted by Gasteiger charge is 2.18. The van der Waals surface area contributed by atoms with Gasteiger partial charge in [-0.1, -0.05) is 54.6 Å². The van der Waals surface area contributed by atoms with Crippen LogP contribution in [0.2, 0.25) is 0 Å². The van der Waals surface area contributed by atoms with Crippen LogP contribution in [0.1, 0.15) is 5.56 Å². The molecular weight excluding hydrogens is 338 g/mol. The summed E-state index contributed by atoms with van der Waals surface area (Å²) in [7, 11) is 2.10. The van der Waals surface area contributed by atoms with Crippen molar-refractivity contribution in [2.45, 2.75) is 12.6 Å². The zero-order valence-corrected chi connectivity index (χ0v) is 15.6. The van der Waals surface area contributed by atoms with Crippen molar-refractivity contribution >= 4 is 0 Å². The van der Waals surface area contributed by atoms with Crippen molar-refractivity contribution in [3.63, 3.8) is 0 Å². The van der Waals surface area contributed by atoms with Gasteiger partial charge < -0.3 is 9.47 Å². The van der Waals surface area contributed by atoms with E-state index in [1.807, 2.05) is 12.3 Å². The minimum atomic E-state index is 0.143. The van der Waals surface area contributed by atoms with Gasteiger partial charge in [0.05, 0.1) is 37.8 Å². The van der Waals surface area contributed by atoms with E-state index in [1.54, 1.807) is 0 Å². The Morgan fingerprint density at radius 3 is 2.48 bits per heavy atom. The Morgan fingerprint density at radius 1 is 1.00 bits per heavy atom. The van der Waals surface area contributed by atoms with Crippen LogP contribution in [0.4, 0.5) is 0 Å². The maximum Gasteiger partial charge on any atom is 0.0936 e. The lowest BCUT2D eigenvalue weighted by atomic mass is 10.0. The summed E-state index contributed by atoms with van der Waals surface area (Å²) >= 11 is 0. The van der Waals surface area contributed by atoms with E-state index in [2.05, 4.69) is 70.7 Å². The third kappa shape index (κ3) is 4.45. The number of ether oxygens (including phenoxy) is 2. The fourth-order valence-corrected chi connectivity index (χ4v) is 3.49. The quantitative estimate of drug-likeness (QED) is 0.727. The van der Waals surface area contributed by atoms with Gasteiger partial charge in [0, 0.05) is 18.7 Å². The summed E-state index contributed by atoms with van der Waals surface area (Å²) in [5, 5.41) is 7.43. The van der Waals surface area contributed by atoms with E-state index in [-0.39, 0.29) is 6.10 Å². The molecule has 1 aliphatic heterocycles. The number of nitrogens with zero attached hydrogens (tertiary/aromatic N) is 2. The van der Waals surface area contributed by atoms with Crippen molar-refractivity contribution in [2.24, 2.45) is 0 Å². The average Bonchev–Trinajstić information content (AvgIpc) is 3.17. The van der Waals surface area contributed by atoms with Gasteiger partial charge in [0.1, 0.15) is 0 Å². The third-order valence-electron chi connectivity index (χ3n) is 4.84. The van der Waals surface area contributed by atoms with Crippen molar-refractivity contribution in [1.82, 2.24) is 15.1 Å². The summed E-state index contributed by atoms with van der Waals surface area (Å²) in [4.78, 5) is 2.26.